The minimum atomic E-state index is -0.565. The molecule has 1 amide bonds. The van der Waals surface area contributed by atoms with E-state index >= 15 is 0 Å². The van der Waals surface area contributed by atoms with Gasteiger partial charge in [-0.1, -0.05) is 30.3 Å². The van der Waals surface area contributed by atoms with E-state index < -0.39 is 6.04 Å². The molecule has 0 spiro atoms. The Balaban J connectivity index is 2.84. The molecule has 18 heavy (non-hydrogen) atoms. The molecule has 0 heterocycles. The minimum absolute atomic E-state index is 0.149. The van der Waals surface area contributed by atoms with Crippen LogP contribution in [0.4, 0.5) is 0 Å². The number of carbonyl (C=O) groups is 2. The molecule has 0 aromatic heterocycles. The van der Waals surface area contributed by atoms with Gasteiger partial charge >= 0.3 is 5.97 Å². The molecule has 1 atom stereocenters. The predicted octanol–water partition coefficient (Wildman–Crippen LogP) is 1.64. The quantitative estimate of drug-likeness (QED) is 0.745. The monoisotopic (exact) mass is 249 g/mol. The maximum atomic E-state index is 11.9. The minimum Gasteiger partial charge on any atom is -0.464 e. The van der Waals surface area contributed by atoms with E-state index in [4.69, 9.17) is 4.74 Å². The summed E-state index contributed by atoms with van der Waals surface area (Å²) in [5.41, 5.74) is 1.00. The Morgan fingerprint density at radius 2 is 1.89 bits per heavy atom. The van der Waals surface area contributed by atoms with Crippen LogP contribution < -0.4 is 0 Å². The summed E-state index contributed by atoms with van der Waals surface area (Å²) < 4.78 is 5.01. The molecule has 0 aliphatic rings. The number of hydrogen-bond acceptors (Lipinski definition) is 3. The lowest BCUT2D eigenvalue weighted by Gasteiger charge is -2.25. The van der Waals surface area contributed by atoms with Crippen molar-refractivity contribution in [3.05, 3.63) is 35.9 Å². The highest BCUT2D eigenvalue weighted by molar-refractivity contribution is 5.83. The molecular weight excluding hydrogens is 230 g/mol. The highest BCUT2D eigenvalue weighted by Crippen LogP contribution is 2.10. The van der Waals surface area contributed by atoms with Crippen LogP contribution in [0.5, 0.6) is 0 Å². The zero-order chi connectivity index (χ0) is 13.5. The molecule has 0 saturated heterocycles. The molecule has 0 bridgehead atoms. The van der Waals surface area contributed by atoms with Gasteiger partial charge in [-0.25, -0.2) is 4.79 Å². The number of amides is 1. The van der Waals surface area contributed by atoms with Gasteiger partial charge in [-0.15, -0.1) is 0 Å². The summed E-state index contributed by atoms with van der Waals surface area (Å²) in [5, 5.41) is 0. The van der Waals surface area contributed by atoms with Crippen molar-refractivity contribution in [3.63, 3.8) is 0 Å². The van der Waals surface area contributed by atoms with E-state index in [9.17, 15) is 9.59 Å². The van der Waals surface area contributed by atoms with Crippen LogP contribution in [-0.4, -0.2) is 36.5 Å². The molecule has 0 aliphatic heterocycles. The number of nitrogens with zero attached hydrogens (tertiary/aromatic N) is 1. The van der Waals surface area contributed by atoms with Crippen molar-refractivity contribution in [2.45, 2.75) is 26.3 Å². The molecule has 1 aromatic rings. The van der Waals surface area contributed by atoms with Crippen molar-refractivity contribution in [2.24, 2.45) is 0 Å². The highest BCUT2D eigenvalue weighted by Gasteiger charge is 2.26. The second-order valence-electron chi connectivity index (χ2n) is 4.09. The van der Waals surface area contributed by atoms with Gasteiger partial charge in [0.05, 0.1) is 6.61 Å². The lowest BCUT2D eigenvalue weighted by molar-refractivity contribution is -0.153. The average Bonchev–Trinajstić information content (AvgIpc) is 2.36. The zero-order valence-corrected chi connectivity index (χ0v) is 11.1. The Morgan fingerprint density at radius 3 is 2.39 bits per heavy atom. The van der Waals surface area contributed by atoms with Crippen molar-refractivity contribution in [1.82, 2.24) is 4.90 Å². The molecule has 0 N–H and O–H groups in total. The van der Waals surface area contributed by atoms with E-state index in [0.29, 0.717) is 13.0 Å². The highest BCUT2D eigenvalue weighted by atomic mass is 16.5. The van der Waals surface area contributed by atoms with Crippen LogP contribution in [0.1, 0.15) is 19.4 Å². The fourth-order valence-corrected chi connectivity index (χ4v) is 1.67. The Hall–Kier alpha value is -1.84. The smallest absolute Gasteiger partial charge is 0.329 e. The molecular formula is C14H19NO3. The molecule has 1 aromatic carbocycles. The number of likely N-dealkylation sites (N-methyl/N-ethyl adjacent to an activating group) is 1. The predicted molar refractivity (Wildman–Crippen MR) is 69.0 cm³/mol. The lowest BCUT2D eigenvalue weighted by Crippen LogP contribution is -2.43. The fourth-order valence-electron chi connectivity index (χ4n) is 1.67. The fraction of sp³-hybridized carbons (Fsp3) is 0.429. The normalized spacial score (nSPS) is 11.7. The van der Waals surface area contributed by atoms with E-state index in [1.54, 1.807) is 14.0 Å². The van der Waals surface area contributed by atoms with Crippen LogP contribution >= 0.6 is 0 Å². The Labute approximate surface area is 108 Å². The van der Waals surface area contributed by atoms with E-state index in [1.807, 2.05) is 30.3 Å². The molecule has 1 rings (SSSR count). The van der Waals surface area contributed by atoms with Gasteiger partial charge in [0.1, 0.15) is 6.04 Å². The third kappa shape index (κ3) is 3.87. The second kappa shape index (κ2) is 6.79. The molecule has 0 unspecified atom stereocenters. The topological polar surface area (TPSA) is 46.6 Å². The number of carbonyl (C=O) groups excluding carboxylic acids is 2. The summed E-state index contributed by atoms with van der Waals surface area (Å²) >= 11 is 0. The Kier molecular flexibility index (Phi) is 5.36. The molecule has 4 heteroatoms. The summed E-state index contributed by atoms with van der Waals surface area (Å²) in [5.74, 6) is -0.511. The summed E-state index contributed by atoms with van der Waals surface area (Å²) in [6.07, 6.45) is 0.468. The third-order valence-electron chi connectivity index (χ3n) is 2.79. The lowest BCUT2D eigenvalue weighted by atomic mass is 10.1. The summed E-state index contributed by atoms with van der Waals surface area (Å²) in [4.78, 5) is 24.7. The van der Waals surface area contributed by atoms with Gasteiger partial charge in [0.25, 0.3) is 0 Å². The number of esters is 1. The molecule has 0 saturated carbocycles. The molecule has 98 valence electrons. The number of rotatable bonds is 5. The van der Waals surface area contributed by atoms with Gasteiger partial charge < -0.3 is 9.64 Å². The Bertz CT molecular complexity index is 403. The average molecular weight is 249 g/mol. The first-order valence-electron chi connectivity index (χ1n) is 6.00. The van der Waals surface area contributed by atoms with Crippen LogP contribution in [0.15, 0.2) is 30.3 Å². The van der Waals surface area contributed by atoms with Gasteiger partial charge in [-0.2, -0.15) is 0 Å². The third-order valence-corrected chi connectivity index (χ3v) is 2.79. The molecule has 0 aliphatic carbocycles. The van der Waals surface area contributed by atoms with Gasteiger partial charge in [-0.05, 0) is 12.5 Å². The Morgan fingerprint density at radius 1 is 1.28 bits per heavy atom. The van der Waals surface area contributed by atoms with Crippen molar-refractivity contribution in [3.8, 4) is 0 Å². The molecule has 4 nitrogen and oxygen atoms in total. The van der Waals surface area contributed by atoms with Crippen molar-refractivity contribution in [1.29, 1.82) is 0 Å². The van der Waals surface area contributed by atoms with Crippen LogP contribution in [0, 0.1) is 0 Å². The first-order chi connectivity index (χ1) is 8.56. The van der Waals surface area contributed by atoms with E-state index in [-0.39, 0.29) is 11.9 Å². The second-order valence-corrected chi connectivity index (χ2v) is 4.09. The standard InChI is InChI=1S/C14H19NO3/c1-4-18-14(17)13(15(3)11(2)16)10-12-8-6-5-7-9-12/h5-9,13H,4,10H2,1-3H3/t13-/m0/s1. The first-order valence-corrected chi connectivity index (χ1v) is 6.00. The maximum Gasteiger partial charge on any atom is 0.329 e. The van der Waals surface area contributed by atoms with Crippen molar-refractivity contribution in [2.75, 3.05) is 13.7 Å². The van der Waals surface area contributed by atoms with Gasteiger partial charge in [0.2, 0.25) is 5.91 Å². The van der Waals surface area contributed by atoms with Crippen LogP contribution in [0.3, 0.4) is 0 Å². The van der Waals surface area contributed by atoms with Gasteiger partial charge in [-0.3, -0.25) is 4.79 Å². The summed E-state index contributed by atoms with van der Waals surface area (Å²) in [7, 11) is 1.62. The van der Waals surface area contributed by atoms with Gasteiger partial charge in [0.15, 0.2) is 0 Å². The van der Waals surface area contributed by atoms with Gasteiger partial charge in [0, 0.05) is 20.4 Å². The molecule has 0 fully saturated rings. The first kappa shape index (κ1) is 14.2. The molecule has 0 radical (unpaired) electrons. The van der Waals surface area contributed by atoms with Crippen molar-refractivity contribution < 1.29 is 14.3 Å². The van der Waals surface area contributed by atoms with E-state index in [0.717, 1.165) is 5.56 Å². The maximum absolute atomic E-state index is 11.9. The number of benzene rings is 1. The zero-order valence-electron chi connectivity index (χ0n) is 11.1. The number of hydrogen-bond donors (Lipinski definition) is 0. The van der Waals surface area contributed by atoms with E-state index in [2.05, 4.69) is 0 Å². The number of ether oxygens (including phenoxy) is 1. The van der Waals surface area contributed by atoms with Crippen molar-refractivity contribution >= 4 is 11.9 Å². The van der Waals surface area contributed by atoms with Crippen LogP contribution in [0.2, 0.25) is 0 Å². The van der Waals surface area contributed by atoms with Crippen LogP contribution in [0.25, 0.3) is 0 Å². The largest absolute Gasteiger partial charge is 0.464 e. The van der Waals surface area contributed by atoms with Crippen LogP contribution in [-0.2, 0) is 20.7 Å². The SMILES string of the molecule is CCOC(=O)[C@H](Cc1ccccc1)N(C)C(C)=O. The summed E-state index contributed by atoms with van der Waals surface area (Å²) in [6.45, 7) is 3.51. The van der Waals surface area contributed by atoms with E-state index in [1.165, 1.54) is 11.8 Å². The summed E-state index contributed by atoms with van der Waals surface area (Å²) in [6, 6.07) is 9.03.